The first-order chi connectivity index (χ1) is 19.9. The van der Waals surface area contributed by atoms with Gasteiger partial charge in [0, 0.05) is 44.0 Å². The fourth-order valence-electron chi connectivity index (χ4n) is 5.94. The highest BCUT2D eigenvalue weighted by Gasteiger charge is 2.36. The number of fused-ring (bicyclic) bond motifs is 1. The molecule has 1 aromatic carbocycles. The molecule has 4 aromatic rings. The predicted octanol–water partition coefficient (Wildman–Crippen LogP) is 3.72. The van der Waals surface area contributed by atoms with Crippen molar-refractivity contribution < 1.29 is 18.4 Å². The van der Waals surface area contributed by atoms with Gasteiger partial charge in [0.05, 0.1) is 17.4 Å². The lowest BCUT2D eigenvalue weighted by Gasteiger charge is -2.34. The summed E-state index contributed by atoms with van der Waals surface area (Å²) in [6.07, 6.45) is 6.50. The number of hydrogen-bond donors (Lipinski definition) is 2. The number of imidazole rings is 1. The van der Waals surface area contributed by atoms with Crippen molar-refractivity contribution >= 4 is 28.8 Å². The van der Waals surface area contributed by atoms with Crippen LogP contribution < -0.4 is 15.9 Å². The Morgan fingerprint density at radius 3 is 2.56 bits per heavy atom. The van der Waals surface area contributed by atoms with E-state index < -0.39 is 23.6 Å². The number of likely N-dealkylation sites (tertiary alicyclic amines) is 1. The molecule has 2 saturated heterocycles. The number of H-pyrrole nitrogens is 1. The van der Waals surface area contributed by atoms with Gasteiger partial charge in [-0.25, -0.2) is 23.4 Å². The highest BCUT2D eigenvalue weighted by Crippen LogP contribution is 2.32. The third-order valence-corrected chi connectivity index (χ3v) is 8.05. The second kappa shape index (κ2) is 11.1. The molecule has 12 heteroatoms. The van der Waals surface area contributed by atoms with Crippen molar-refractivity contribution in [1.82, 2.24) is 29.7 Å². The lowest BCUT2D eigenvalue weighted by Crippen LogP contribution is -2.53. The van der Waals surface area contributed by atoms with Gasteiger partial charge in [-0.3, -0.25) is 19.3 Å². The minimum Gasteiger partial charge on any atom is -0.326 e. The second-order valence-electron chi connectivity index (χ2n) is 10.5. The fourth-order valence-corrected chi connectivity index (χ4v) is 5.94. The summed E-state index contributed by atoms with van der Waals surface area (Å²) in [5.74, 6) is -2.67. The number of piperidine rings is 1. The lowest BCUT2D eigenvalue weighted by atomic mass is 9.93. The Balaban J connectivity index is 1.17. The van der Waals surface area contributed by atoms with Crippen LogP contribution in [-0.4, -0.2) is 62.0 Å². The third kappa shape index (κ3) is 5.17. The first-order valence-electron chi connectivity index (χ1n) is 13.7. The van der Waals surface area contributed by atoms with Gasteiger partial charge >= 0.3 is 11.7 Å². The van der Waals surface area contributed by atoms with Crippen molar-refractivity contribution in [3.63, 3.8) is 0 Å². The number of aromatic amines is 1. The number of aromatic nitrogens is 4. The number of rotatable bonds is 4. The molecule has 0 aliphatic carbocycles. The Labute approximate surface area is 234 Å². The smallest absolute Gasteiger partial charge is 0.326 e. The summed E-state index contributed by atoms with van der Waals surface area (Å²) in [6, 6.07) is 9.77. The topological polar surface area (TPSA) is 116 Å². The van der Waals surface area contributed by atoms with Gasteiger partial charge in [-0.1, -0.05) is 12.1 Å². The monoisotopic (exact) mass is 561 g/mol. The molecular weight excluding hydrogens is 532 g/mol. The van der Waals surface area contributed by atoms with Gasteiger partial charge in [-0.05, 0) is 61.6 Å². The van der Waals surface area contributed by atoms with Gasteiger partial charge in [-0.2, -0.15) is 0 Å². The van der Waals surface area contributed by atoms with Gasteiger partial charge in [0.2, 0.25) is 5.91 Å². The van der Waals surface area contributed by atoms with Gasteiger partial charge in [0.25, 0.3) is 0 Å². The van der Waals surface area contributed by atoms with Crippen LogP contribution in [0.5, 0.6) is 0 Å². The van der Waals surface area contributed by atoms with Gasteiger partial charge in [-0.15, -0.1) is 0 Å². The van der Waals surface area contributed by atoms with Crippen LogP contribution in [0.25, 0.3) is 11.2 Å². The maximum atomic E-state index is 14.7. The molecule has 0 spiro atoms. The Kier molecular flexibility index (Phi) is 7.21. The highest BCUT2D eigenvalue weighted by atomic mass is 19.2. The molecule has 2 aliphatic rings. The van der Waals surface area contributed by atoms with Crippen LogP contribution in [0.1, 0.15) is 43.2 Å². The van der Waals surface area contributed by atoms with Crippen molar-refractivity contribution in [3.8, 4) is 0 Å². The summed E-state index contributed by atoms with van der Waals surface area (Å²) in [6.45, 7) is 0.928. The number of urea groups is 1. The lowest BCUT2D eigenvalue weighted by molar-refractivity contribution is -0.120. The van der Waals surface area contributed by atoms with E-state index in [1.54, 1.807) is 40.1 Å². The summed E-state index contributed by atoms with van der Waals surface area (Å²) >= 11 is 0. The van der Waals surface area contributed by atoms with E-state index >= 15 is 0 Å². The zero-order chi connectivity index (χ0) is 28.5. The Morgan fingerprint density at radius 2 is 1.78 bits per heavy atom. The maximum Gasteiger partial charge on any atom is 0.327 e. The molecule has 0 radical (unpaired) electrons. The first kappa shape index (κ1) is 26.6. The molecule has 0 saturated carbocycles. The minimum absolute atomic E-state index is 0.0907. The molecule has 2 aliphatic heterocycles. The standard InChI is InChI=1S/C29H29F2N7O3/c30-22-6-1-5-21(25(22)31)18-8-9-23(27(39)37(17-18)20-4-2-12-32-16-20)34-28(40)36-14-10-19(11-15-36)38-24-7-3-13-33-26(24)35-29(38)41/h1-7,12-13,16,18-19,23H,8-11,14-15,17H2,(H,34,40)(H,33,35,41). The van der Waals surface area contributed by atoms with E-state index in [0.717, 1.165) is 11.6 Å². The van der Waals surface area contributed by atoms with E-state index in [2.05, 4.69) is 20.3 Å². The number of benzene rings is 1. The molecule has 2 N–H and O–H groups in total. The number of nitrogens with one attached hydrogen (secondary N) is 2. The summed E-state index contributed by atoms with van der Waals surface area (Å²) in [5.41, 5.74) is 1.73. The maximum absolute atomic E-state index is 14.7. The SMILES string of the molecule is O=C(NC1CCC(c2cccc(F)c2F)CN(c2cccnc2)C1=O)N1CCC(n2c(=O)[nH]c3ncccc32)CC1. The van der Waals surface area contributed by atoms with Gasteiger partial charge < -0.3 is 15.1 Å². The molecule has 2 atom stereocenters. The normalized spacial score (nSPS) is 20.3. The molecule has 3 aromatic heterocycles. The van der Waals surface area contributed by atoms with Crippen molar-refractivity contribution in [2.45, 2.75) is 43.7 Å². The molecule has 2 fully saturated rings. The van der Waals surface area contributed by atoms with Crippen LogP contribution in [0.2, 0.25) is 0 Å². The van der Waals surface area contributed by atoms with Crippen LogP contribution in [0.4, 0.5) is 19.3 Å². The molecule has 0 bridgehead atoms. The minimum atomic E-state index is -0.939. The van der Waals surface area contributed by atoms with E-state index in [4.69, 9.17) is 0 Å². The van der Waals surface area contributed by atoms with Crippen LogP contribution in [0.15, 0.2) is 65.8 Å². The number of hydrogen-bond acceptors (Lipinski definition) is 5. The van der Waals surface area contributed by atoms with Gasteiger partial charge in [0.15, 0.2) is 17.3 Å². The number of halogens is 2. The van der Waals surface area contributed by atoms with E-state index in [1.165, 1.54) is 23.2 Å². The number of carbonyl (C=O) groups excluding carboxylic acids is 2. The van der Waals surface area contributed by atoms with Crippen LogP contribution in [-0.2, 0) is 4.79 Å². The Hall–Kier alpha value is -4.61. The number of amides is 3. The zero-order valence-corrected chi connectivity index (χ0v) is 22.2. The Bertz CT molecular complexity index is 1630. The van der Waals surface area contributed by atoms with Crippen LogP contribution in [0.3, 0.4) is 0 Å². The number of anilines is 1. The summed E-state index contributed by atoms with van der Waals surface area (Å²) in [5, 5.41) is 2.89. The van der Waals surface area contributed by atoms with Gasteiger partial charge in [0.1, 0.15) is 6.04 Å². The molecule has 10 nitrogen and oxygen atoms in total. The van der Waals surface area contributed by atoms with Crippen molar-refractivity contribution in [2.75, 3.05) is 24.5 Å². The largest absolute Gasteiger partial charge is 0.327 e. The average Bonchev–Trinajstić information content (AvgIpc) is 3.25. The number of carbonyl (C=O) groups is 2. The molecule has 5 heterocycles. The van der Waals surface area contributed by atoms with E-state index in [9.17, 15) is 23.2 Å². The van der Waals surface area contributed by atoms with E-state index in [0.29, 0.717) is 43.7 Å². The van der Waals surface area contributed by atoms with E-state index in [-0.39, 0.29) is 42.2 Å². The summed E-state index contributed by atoms with van der Waals surface area (Å²) in [7, 11) is 0. The predicted molar refractivity (Wildman–Crippen MR) is 147 cm³/mol. The molecular formula is C29H29F2N7O3. The number of nitrogens with zero attached hydrogens (tertiary/aromatic N) is 5. The summed E-state index contributed by atoms with van der Waals surface area (Å²) < 4.78 is 30.5. The molecule has 2 unspecified atom stereocenters. The summed E-state index contributed by atoms with van der Waals surface area (Å²) in [4.78, 5) is 53.9. The first-order valence-corrected chi connectivity index (χ1v) is 13.7. The van der Waals surface area contributed by atoms with Crippen molar-refractivity contribution in [1.29, 1.82) is 0 Å². The quantitative estimate of drug-likeness (QED) is 0.394. The van der Waals surface area contributed by atoms with Crippen molar-refractivity contribution in [3.05, 3.63) is 88.7 Å². The fraction of sp³-hybridized carbons (Fsp3) is 0.345. The van der Waals surface area contributed by atoms with Crippen LogP contribution >= 0.6 is 0 Å². The molecule has 212 valence electrons. The second-order valence-corrected chi connectivity index (χ2v) is 10.5. The van der Waals surface area contributed by atoms with Crippen LogP contribution in [0, 0.1) is 11.6 Å². The molecule has 6 rings (SSSR count). The van der Waals surface area contributed by atoms with Crippen molar-refractivity contribution in [2.24, 2.45) is 0 Å². The molecule has 41 heavy (non-hydrogen) atoms. The number of pyridine rings is 2. The average molecular weight is 562 g/mol. The zero-order valence-electron chi connectivity index (χ0n) is 22.2. The molecule has 3 amide bonds. The highest BCUT2D eigenvalue weighted by molar-refractivity contribution is 5.99. The van der Waals surface area contributed by atoms with E-state index in [1.807, 2.05) is 6.07 Å². The Morgan fingerprint density at radius 1 is 0.976 bits per heavy atom. The third-order valence-electron chi connectivity index (χ3n) is 8.05.